The normalized spacial score (nSPS) is 12.5. The molecular formula is C21H20ClN5. The Morgan fingerprint density at radius 2 is 1.89 bits per heavy atom. The lowest BCUT2D eigenvalue weighted by molar-refractivity contribution is 1.11. The van der Waals surface area contributed by atoms with Crippen LogP contribution in [0, 0.1) is 6.92 Å². The van der Waals surface area contributed by atoms with E-state index >= 15 is 0 Å². The predicted octanol–water partition coefficient (Wildman–Crippen LogP) is 4.92. The van der Waals surface area contributed by atoms with Gasteiger partial charge in [0.2, 0.25) is 0 Å². The van der Waals surface area contributed by atoms with Crippen LogP contribution in [0.1, 0.15) is 16.7 Å². The van der Waals surface area contributed by atoms with Gasteiger partial charge < -0.3 is 10.2 Å². The van der Waals surface area contributed by atoms with E-state index in [1.807, 2.05) is 68.6 Å². The van der Waals surface area contributed by atoms with Crippen LogP contribution in [0.3, 0.4) is 0 Å². The highest BCUT2D eigenvalue weighted by Crippen LogP contribution is 2.31. The van der Waals surface area contributed by atoms with Crippen LogP contribution in [0.5, 0.6) is 0 Å². The van der Waals surface area contributed by atoms with E-state index < -0.39 is 0 Å². The highest BCUT2D eigenvalue weighted by molar-refractivity contribution is 6.34. The van der Waals surface area contributed by atoms with E-state index in [1.54, 1.807) is 0 Å². The summed E-state index contributed by atoms with van der Waals surface area (Å²) in [6.45, 7) is 2.04. The van der Waals surface area contributed by atoms with Crippen LogP contribution in [0.15, 0.2) is 53.8 Å². The number of hydrogen-bond acceptors (Lipinski definition) is 5. The number of anilines is 3. The van der Waals surface area contributed by atoms with Crippen molar-refractivity contribution in [3.63, 3.8) is 0 Å². The Kier molecular flexibility index (Phi) is 4.54. The number of aryl methyl sites for hydroxylation is 1. The van der Waals surface area contributed by atoms with Crippen LogP contribution in [0.25, 0.3) is 0 Å². The Bertz CT molecular complexity index is 1030. The average Bonchev–Trinajstić information content (AvgIpc) is 3.06. The van der Waals surface area contributed by atoms with Crippen molar-refractivity contribution in [3.8, 4) is 0 Å². The number of pyridine rings is 2. The van der Waals surface area contributed by atoms with Gasteiger partial charge in [-0.25, -0.2) is 15.0 Å². The highest BCUT2D eigenvalue weighted by Gasteiger charge is 2.19. The summed E-state index contributed by atoms with van der Waals surface area (Å²) in [5, 5.41) is 4.01. The minimum Gasteiger partial charge on any atom is -0.376 e. The molecule has 0 unspecified atom stereocenters. The van der Waals surface area contributed by atoms with Gasteiger partial charge in [-0.05, 0) is 42.8 Å². The number of benzene rings is 1. The van der Waals surface area contributed by atoms with Crippen molar-refractivity contribution >= 4 is 40.3 Å². The van der Waals surface area contributed by atoms with Crippen molar-refractivity contribution in [1.82, 2.24) is 9.97 Å². The van der Waals surface area contributed by atoms with E-state index in [0.717, 1.165) is 51.8 Å². The zero-order chi connectivity index (χ0) is 19.0. The van der Waals surface area contributed by atoms with Gasteiger partial charge in [0, 0.05) is 48.5 Å². The van der Waals surface area contributed by atoms with E-state index in [-0.39, 0.29) is 0 Å². The summed E-state index contributed by atoms with van der Waals surface area (Å²) in [6, 6.07) is 12.0. The fourth-order valence-corrected chi connectivity index (χ4v) is 3.28. The van der Waals surface area contributed by atoms with Gasteiger partial charge in [-0.2, -0.15) is 0 Å². The van der Waals surface area contributed by atoms with Crippen molar-refractivity contribution in [3.05, 3.63) is 70.5 Å². The van der Waals surface area contributed by atoms with Crippen molar-refractivity contribution in [2.75, 3.05) is 24.3 Å². The number of nitrogens with zero attached hydrogens (tertiary/aromatic N) is 4. The Hall–Kier alpha value is -2.92. The second-order valence-corrected chi connectivity index (χ2v) is 7.25. The molecule has 1 N–H and O–H groups in total. The van der Waals surface area contributed by atoms with Gasteiger partial charge in [0.25, 0.3) is 0 Å². The van der Waals surface area contributed by atoms with E-state index in [1.165, 1.54) is 0 Å². The number of hydrogen-bond donors (Lipinski definition) is 1. The van der Waals surface area contributed by atoms with Crippen molar-refractivity contribution in [1.29, 1.82) is 0 Å². The van der Waals surface area contributed by atoms with Crippen LogP contribution < -0.4 is 10.2 Å². The van der Waals surface area contributed by atoms with Crippen LogP contribution in [0.4, 0.5) is 23.0 Å². The van der Waals surface area contributed by atoms with E-state index in [4.69, 9.17) is 11.6 Å². The third-order valence-electron chi connectivity index (χ3n) is 4.49. The monoisotopic (exact) mass is 377 g/mol. The van der Waals surface area contributed by atoms with Gasteiger partial charge >= 0.3 is 0 Å². The molecular weight excluding hydrogens is 358 g/mol. The smallest absolute Gasteiger partial charge is 0.155 e. The number of rotatable bonds is 4. The fraction of sp³-hybridized carbons (Fsp3) is 0.190. The summed E-state index contributed by atoms with van der Waals surface area (Å²) in [5.74, 6) is 1.56. The molecule has 6 heteroatoms. The Morgan fingerprint density at radius 1 is 1.04 bits per heavy atom. The molecule has 27 heavy (non-hydrogen) atoms. The third kappa shape index (κ3) is 3.64. The quantitative estimate of drug-likeness (QED) is 0.700. The van der Waals surface area contributed by atoms with Gasteiger partial charge in [-0.1, -0.05) is 17.7 Å². The number of halogens is 1. The first-order valence-corrected chi connectivity index (χ1v) is 9.11. The molecule has 0 spiro atoms. The van der Waals surface area contributed by atoms with Crippen molar-refractivity contribution in [2.45, 2.75) is 13.3 Å². The number of aliphatic imine (C=N–C) groups is 1. The maximum atomic E-state index is 6.46. The van der Waals surface area contributed by atoms with E-state index in [0.29, 0.717) is 5.02 Å². The van der Waals surface area contributed by atoms with Gasteiger partial charge in [0.05, 0.1) is 17.6 Å². The molecule has 3 heterocycles. The molecule has 1 aliphatic rings. The molecule has 3 aromatic rings. The summed E-state index contributed by atoms with van der Waals surface area (Å²) in [7, 11) is 3.98. The lowest BCUT2D eigenvalue weighted by Crippen LogP contribution is -2.09. The van der Waals surface area contributed by atoms with E-state index in [2.05, 4.69) is 26.3 Å². The molecule has 136 valence electrons. The molecule has 0 saturated carbocycles. The minimum absolute atomic E-state index is 0.680. The first kappa shape index (κ1) is 17.5. The Balaban J connectivity index is 1.59. The second-order valence-electron chi connectivity index (χ2n) is 6.85. The van der Waals surface area contributed by atoms with Gasteiger partial charge in [-0.15, -0.1) is 0 Å². The van der Waals surface area contributed by atoms with Crippen LogP contribution in [-0.2, 0) is 6.42 Å². The van der Waals surface area contributed by atoms with Crippen molar-refractivity contribution in [2.24, 2.45) is 4.99 Å². The van der Waals surface area contributed by atoms with Crippen LogP contribution >= 0.6 is 11.6 Å². The Labute approximate surface area is 163 Å². The molecule has 4 rings (SSSR count). The molecule has 0 amide bonds. The molecule has 0 radical (unpaired) electrons. The van der Waals surface area contributed by atoms with Gasteiger partial charge in [-0.3, -0.25) is 0 Å². The molecule has 1 aliphatic heterocycles. The zero-order valence-corrected chi connectivity index (χ0v) is 16.2. The summed E-state index contributed by atoms with van der Waals surface area (Å²) in [6.07, 6.45) is 4.42. The third-order valence-corrected chi connectivity index (χ3v) is 4.82. The molecule has 5 nitrogen and oxygen atoms in total. The van der Waals surface area contributed by atoms with Gasteiger partial charge in [0.1, 0.15) is 5.82 Å². The number of nitrogens with one attached hydrogen (secondary N) is 1. The first-order valence-electron chi connectivity index (χ1n) is 8.73. The van der Waals surface area contributed by atoms with E-state index in [9.17, 15) is 0 Å². The Morgan fingerprint density at radius 3 is 2.63 bits per heavy atom. The SMILES string of the molecule is Cc1cnc2c(c1)CC(c1cc(Nc3ccc(N(C)C)cn3)ccc1Cl)=N2. The average molecular weight is 378 g/mol. The summed E-state index contributed by atoms with van der Waals surface area (Å²) in [4.78, 5) is 15.6. The second kappa shape index (κ2) is 7.00. The number of aromatic nitrogens is 2. The standard InChI is InChI=1S/C21H20ClN5/c1-13-8-14-9-19(26-21(14)24-11-13)17-10-15(4-6-18(17)22)25-20-7-5-16(12-23-20)27(2)3/h4-8,10-12H,9H2,1-3H3,(H,23,25). The summed E-state index contributed by atoms with van der Waals surface area (Å²) < 4.78 is 0. The molecule has 0 fully saturated rings. The largest absolute Gasteiger partial charge is 0.376 e. The number of fused-ring (bicyclic) bond motifs is 1. The lowest BCUT2D eigenvalue weighted by Gasteiger charge is -2.13. The molecule has 2 aromatic heterocycles. The molecule has 1 aromatic carbocycles. The first-order chi connectivity index (χ1) is 13.0. The van der Waals surface area contributed by atoms with Gasteiger partial charge in [0.15, 0.2) is 5.82 Å². The molecule has 0 bridgehead atoms. The maximum Gasteiger partial charge on any atom is 0.155 e. The maximum absolute atomic E-state index is 6.46. The predicted molar refractivity (Wildman–Crippen MR) is 112 cm³/mol. The molecule has 0 aliphatic carbocycles. The van der Waals surface area contributed by atoms with Crippen molar-refractivity contribution < 1.29 is 0 Å². The molecule has 0 saturated heterocycles. The fourth-order valence-electron chi connectivity index (χ4n) is 3.05. The topological polar surface area (TPSA) is 53.4 Å². The summed E-state index contributed by atoms with van der Waals surface area (Å²) in [5.41, 5.74) is 6.11. The van der Waals surface area contributed by atoms with Crippen LogP contribution in [0.2, 0.25) is 5.02 Å². The zero-order valence-electron chi connectivity index (χ0n) is 15.5. The minimum atomic E-state index is 0.680. The molecule has 0 atom stereocenters. The van der Waals surface area contributed by atoms with Crippen LogP contribution in [-0.4, -0.2) is 29.8 Å². The summed E-state index contributed by atoms with van der Waals surface area (Å²) >= 11 is 6.46. The lowest BCUT2D eigenvalue weighted by atomic mass is 10.0. The highest BCUT2D eigenvalue weighted by atomic mass is 35.5.